The molecule has 0 fully saturated rings. The van der Waals surface area contributed by atoms with Crippen LogP contribution in [0.3, 0.4) is 0 Å². The van der Waals surface area contributed by atoms with Gasteiger partial charge in [-0.25, -0.2) is 13.2 Å². The molecule has 0 aliphatic carbocycles. The minimum absolute atomic E-state index is 0.196. The van der Waals surface area contributed by atoms with Gasteiger partial charge in [-0.3, -0.25) is 4.79 Å². The molecule has 0 N–H and O–H groups in total. The maximum atomic E-state index is 12.8. The van der Waals surface area contributed by atoms with Gasteiger partial charge >= 0.3 is 5.97 Å². The number of ether oxygens (including phenoxy) is 1. The van der Waals surface area contributed by atoms with Gasteiger partial charge in [-0.2, -0.15) is 0 Å². The second-order valence-corrected chi connectivity index (χ2v) is 8.71. The molecule has 0 unspecified atom stereocenters. The van der Waals surface area contributed by atoms with Gasteiger partial charge in [0, 0.05) is 11.1 Å². The van der Waals surface area contributed by atoms with Crippen molar-refractivity contribution >= 4 is 27.4 Å². The molecule has 6 nitrogen and oxygen atoms in total. The lowest BCUT2D eigenvalue weighted by Crippen LogP contribution is -2.43. The Labute approximate surface area is 164 Å². The molecule has 1 aliphatic heterocycles. The zero-order valence-electron chi connectivity index (χ0n) is 15.7. The van der Waals surface area contributed by atoms with E-state index in [4.69, 9.17) is 4.74 Å². The molecule has 1 aliphatic rings. The normalized spacial score (nSPS) is 17.3. The van der Waals surface area contributed by atoms with E-state index in [-0.39, 0.29) is 5.75 Å². The first kappa shape index (κ1) is 19.8. The average Bonchev–Trinajstić information content (AvgIpc) is 2.99. The van der Waals surface area contributed by atoms with Crippen LogP contribution < -0.4 is 4.90 Å². The first-order valence-electron chi connectivity index (χ1n) is 8.79. The molecule has 0 bridgehead atoms. The molecule has 0 radical (unpaired) electrons. The SMILES string of the molecule is Cc1cc(C)cc(C(=O)OCC(=O)N(c2ccccc2)[C@H]2C=CS(=O)(=O)C2)c1. The van der Waals surface area contributed by atoms with Crippen LogP contribution >= 0.6 is 0 Å². The van der Waals surface area contributed by atoms with Crippen molar-refractivity contribution in [1.82, 2.24) is 0 Å². The van der Waals surface area contributed by atoms with Crippen molar-refractivity contribution in [3.8, 4) is 0 Å². The van der Waals surface area contributed by atoms with Crippen molar-refractivity contribution in [2.75, 3.05) is 17.3 Å². The number of aryl methyl sites for hydroxylation is 2. The predicted octanol–water partition coefficient (Wildman–Crippen LogP) is 2.80. The minimum Gasteiger partial charge on any atom is -0.452 e. The zero-order chi connectivity index (χ0) is 20.3. The van der Waals surface area contributed by atoms with Gasteiger partial charge in [0.05, 0.1) is 17.4 Å². The molecule has 1 amide bonds. The molecule has 2 aromatic rings. The average molecular weight is 399 g/mol. The first-order chi connectivity index (χ1) is 13.2. The quantitative estimate of drug-likeness (QED) is 0.722. The van der Waals surface area contributed by atoms with E-state index in [1.165, 1.54) is 11.0 Å². The van der Waals surface area contributed by atoms with Crippen molar-refractivity contribution in [3.63, 3.8) is 0 Å². The highest BCUT2D eigenvalue weighted by Gasteiger charge is 2.31. The van der Waals surface area contributed by atoms with E-state index in [2.05, 4.69) is 0 Å². The molecule has 0 saturated carbocycles. The van der Waals surface area contributed by atoms with Crippen LogP contribution in [0.2, 0.25) is 0 Å². The molecule has 146 valence electrons. The third-order valence-electron chi connectivity index (χ3n) is 4.33. The fourth-order valence-corrected chi connectivity index (χ4v) is 4.47. The Balaban J connectivity index is 1.76. The van der Waals surface area contributed by atoms with Gasteiger partial charge in [0.1, 0.15) is 0 Å². The number of carbonyl (C=O) groups excluding carboxylic acids is 2. The number of hydrogen-bond acceptors (Lipinski definition) is 5. The van der Waals surface area contributed by atoms with Crippen LogP contribution in [0.25, 0.3) is 0 Å². The van der Waals surface area contributed by atoms with Gasteiger partial charge in [0.2, 0.25) is 0 Å². The van der Waals surface area contributed by atoms with Crippen LogP contribution in [0.15, 0.2) is 60.0 Å². The van der Waals surface area contributed by atoms with Crippen molar-refractivity contribution < 1.29 is 22.7 Å². The molecule has 1 heterocycles. The Bertz CT molecular complexity index is 1010. The van der Waals surface area contributed by atoms with E-state index in [9.17, 15) is 18.0 Å². The van der Waals surface area contributed by atoms with Crippen LogP contribution in [0, 0.1) is 13.8 Å². The molecule has 2 aromatic carbocycles. The van der Waals surface area contributed by atoms with Crippen molar-refractivity contribution in [3.05, 3.63) is 76.7 Å². The van der Waals surface area contributed by atoms with Gasteiger partial charge < -0.3 is 9.64 Å². The lowest BCUT2D eigenvalue weighted by Gasteiger charge is -2.27. The predicted molar refractivity (Wildman–Crippen MR) is 107 cm³/mol. The molecule has 28 heavy (non-hydrogen) atoms. The van der Waals surface area contributed by atoms with Crippen molar-refractivity contribution in [1.29, 1.82) is 0 Å². The fraction of sp³-hybridized carbons (Fsp3) is 0.238. The maximum absolute atomic E-state index is 12.8. The summed E-state index contributed by atoms with van der Waals surface area (Å²) < 4.78 is 28.8. The Morgan fingerprint density at radius 2 is 1.71 bits per heavy atom. The third kappa shape index (κ3) is 4.67. The summed E-state index contributed by atoms with van der Waals surface area (Å²) in [7, 11) is -3.35. The summed E-state index contributed by atoms with van der Waals surface area (Å²) in [5.41, 5.74) is 2.76. The van der Waals surface area contributed by atoms with E-state index in [0.717, 1.165) is 16.5 Å². The number of carbonyl (C=O) groups is 2. The number of esters is 1. The van der Waals surface area contributed by atoms with E-state index in [0.29, 0.717) is 11.3 Å². The number of anilines is 1. The molecular formula is C21H21NO5S. The number of para-hydroxylation sites is 1. The Kier molecular flexibility index (Phi) is 5.65. The van der Waals surface area contributed by atoms with Crippen LogP contribution in [-0.4, -0.2) is 38.7 Å². The number of benzene rings is 2. The summed E-state index contributed by atoms with van der Waals surface area (Å²) in [6.07, 6.45) is 1.48. The highest BCUT2D eigenvalue weighted by atomic mass is 32.2. The van der Waals surface area contributed by atoms with Crippen LogP contribution in [0.4, 0.5) is 5.69 Å². The second kappa shape index (κ2) is 7.98. The standard InChI is InChI=1S/C21H21NO5S/c1-15-10-16(2)12-17(11-15)21(24)27-13-20(23)22(18-6-4-3-5-7-18)19-8-9-28(25,26)14-19/h3-12,19H,13-14H2,1-2H3/t19-/m0/s1. The number of hydrogen-bond donors (Lipinski definition) is 0. The molecule has 0 saturated heterocycles. The Morgan fingerprint density at radius 3 is 2.29 bits per heavy atom. The van der Waals surface area contributed by atoms with Crippen LogP contribution in [0.1, 0.15) is 21.5 Å². The second-order valence-electron chi connectivity index (χ2n) is 6.78. The molecule has 1 atom stereocenters. The van der Waals surface area contributed by atoms with Gasteiger partial charge in [-0.15, -0.1) is 0 Å². The third-order valence-corrected chi connectivity index (χ3v) is 5.71. The number of sulfone groups is 1. The summed E-state index contributed by atoms with van der Waals surface area (Å²) in [6.45, 7) is 3.27. The lowest BCUT2D eigenvalue weighted by molar-refractivity contribution is -0.121. The smallest absolute Gasteiger partial charge is 0.338 e. The van der Waals surface area contributed by atoms with E-state index >= 15 is 0 Å². The van der Waals surface area contributed by atoms with Crippen molar-refractivity contribution in [2.45, 2.75) is 19.9 Å². The molecule has 7 heteroatoms. The molecular weight excluding hydrogens is 378 g/mol. The lowest BCUT2D eigenvalue weighted by atomic mass is 10.1. The zero-order valence-corrected chi connectivity index (χ0v) is 16.5. The van der Waals surface area contributed by atoms with Crippen LogP contribution in [0.5, 0.6) is 0 Å². The Morgan fingerprint density at radius 1 is 1.07 bits per heavy atom. The fourth-order valence-electron chi connectivity index (χ4n) is 3.20. The topological polar surface area (TPSA) is 80.8 Å². The monoisotopic (exact) mass is 399 g/mol. The number of rotatable bonds is 5. The van der Waals surface area contributed by atoms with Gasteiger partial charge in [-0.05, 0) is 44.2 Å². The number of nitrogens with zero attached hydrogens (tertiary/aromatic N) is 1. The Hall–Kier alpha value is -2.93. The van der Waals surface area contributed by atoms with Crippen molar-refractivity contribution in [2.24, 2.45) is 0 Å². The van der Waals surface area contributed by atoms with Crippen LogP contribution in [-0.2, 0) is 19.4 Å². The highest BCUT2D eigenvalue weighted by molar-refractivity contribution is 7.94. The summed E-state index contributed by atoms with van der Waals surface area (Å²) in [6, 6.07) is 13.4. The summed E-state index contributed by atoms with van der Waals surface area (Å²) in [5.74, 6) is -1.28. The van der Waals surface area contributed by atoms with E-state index < -0.39 is 34.4 Å². The largest absolute Gasteiger partial charge is 0.452 e. The maximum Gasteiger partial charge on any atom is 0.338 e. The van der Waals surface area contributed by atoms with E-state index in [1.807, 2.05) is 19.9 Å². The van der Waals surface area contributed by atoms with Gasteiger partial charge in [-0.1, -0.05) is 35.4 Å². The number of amides is 1. The van der Waals surface area contributed by atoms with E-state index in [1.54, 1.807) is 42.5 Å². The van der Waals surface area contributed by atoms with Gasteiger partial charge in [0.25, 0.3) is 5.91 Å². The summed E-state index contributed by atoms with van der Waals surface area (Å²) in [5, 5.41) is 1.11. The molecule has 0 aromatic heterocycles. The highest BCUT2D eigenvalue weighted by Crippen LogP contribution is 2.23. The van der Waals surface area contributed by atoms with Gasteiger partial charge in [0.15, 0.2) is 16.4 Å². The molecule has 3 rings (SSSR count). The minimum atomic E-state index is -3.35. The summed E-state index contributed by atoms with van der Waals surface area (Å²) >= 11 is 0. The first-order valence-corrected chi connectivity index (χ1v) is 10.5. The molecule has 0 spiro atoms. The summed E-state index contributed by atoms with van der Waals surface area (Å²) in [4.78, 5) is 26.5.